The number of likely N-dealkylation sites (N-methyl/N-ethyl adjacent to an activating group) is 1. The van der Waals surface area contributed by atoms with Gasteiger partial charge in [-0.1, -0.05) is 29.3 Å². The molecule has 0 radical (unpaired) electrons. The van der Waals surface area contributed by atoms with Gasteiger partial charge in [0.1, 0.15) is 28.2 Å². The summed E-state index contributed by atoms with van der Waals surface area (Å²) in [7, 11) is 1.90. The Hall–Kier alpha value is -2.51. The fourth-order valence-corrected chi connectivity index (χ4v) is 4.57. The summed E-state index contributed by atoms with van der Waals surface area (Å²) < 4.78 is 5.95. The largest absolute Gasteiger partial charge is 0.507 e. The molecule has 0 saturated carbocycles. The van der Waals surface area contributed by atoms with Crippen LogP contribution in [0.25, 0.3) is 23.1 Å². The fourth-order valence-electron chi connectivity index (χ4n) is 4.04. The van der Waals surface area contributed by atoms with E-state index in [1.807, 2.05) is 11.9 Å². The normalized spacial score (nSPS) is 20.0. The number of fused-ring (bicyclic) bond motifs is 1. The van der Waals surface area contributed by atoms with E-state index in [0.29, 0.717) is 40.7 Å². The van der Waals surface area contributed by atoms with E-state index in [2.05, 4.69) is 0 Å². The number of piperidine rings is 1. The third-order valence-corrected chi connectivity index (χ3v) is 6.25. The number of halogens is 2. The van der Waals surface area contributed by atoms with E-state index in [1.54, 1.807) is 30.4 Å². The molecule has 3 N–H and O–H groups in total. The fraction of sp³-hybridized carbons (Fsp3) is 0.261. The average Bonchev–Trinajstić information content (AvgIpc) is 2.68. The number of aliphatic hydroxyl groups excluding tert-OH is 1. The summed E-state index contributed by atoms with van der Waals surface area (Å²) in [5, 5.41) is 32.3. The Morgan fingerprint density at radius 3 is 2.52 bits per heavy atom. The van der Waals surface area contributed by atoms with Crippen molar-refractivity contribution in [2.24, 2.45) is 0 Å². The first-order valence-electron chi connectivity index (χ1n) is 9.77. The summed E-state index contributed by atoms with van der Waals surface area (Å²) in [6.07, 6.45) is 2.97. The molecule has 1 aromatic heterocycles. The summed E-state index contributed by atoms with van der Waals surface area (Å²) in [6.45, 7) is 1.12. The monoisotopic (exact) mass is 461 g/mol. The molecule has 3 aromatic rings. The van der Waals surface area contributed by atoms with Crippen molar-refractivity contribution >= 4 is 46.3 Å². The number of hydrogen-bond acceptors (Lipinski definition) is 6. The molecule has 162 valence electrons. The molecule has 1 aliphatic rings. The van der Waals surface area contributed by atoms with Gasteiger partial charge >= 0.3 is 0 Å². The van der Waals surface area contributed by atoms with Crippen LogP contribution in [-0.2, 0) is 0 Å². The highest BCUT2D eigenvalue weighted by Crippen LogP contribution is 2.42. The summed E-state index contributed by atoms with van der Waals surface area (Å²) in [5.41, 5.74) is 0.477. The Bertz CT molecular complexity index is 1220. The van der Waals surface area contributed by atoms with E-state index in [4.69, 9.17) is 27.6 Å². The van der Waals surface area contributed by atoms with Crippen LogP contribution in [0.2, 0.25) is 10.0 Å². The Balaban J connectivity index is 1.87. The van der Waals surface area contributed by atoms with Crippen LogP contribution < -0.4 is 5.43 Å². The van der Waals surface area contributed by atoms with Gasteiger partial charge in [0.15, 0.2) is 5.43 Å². The molecule has 0 amide bonds. The van der Waals surface area contributed by atoms with Crippen LogP contribution in [0, 0.1) is 0 Å². The molecule has 0 bridgehead atoms. The number of phenols is 2. The predicted molar refractivity (Wildman–Crippen MR) is 122 cm³/mol. The molecule has 0 aliphatic carbocycles. The average molecular weight is 462 g/mol. The van der Waals surface area contributed by atoms with Crippen molar-refractivity contribution < 1.29 is 19.7 Å². The number of aliphatic hydroxyl groups is 1. The lowest BCUT2D eigenvalue weighted by molar-refractivity contribution is 0.0630. The highest BCUT2D eigenvalue weighted by atomic mass is 35.5. The standard InChI is InChI=1S/C23H21Cl2NO5/c1-26-8-7-14(20(30)11-26)21-18(28)10-19(29)22-17(27)9-12(31-23(21)22)5-6-13-15(24)3-2-4-16(13)25/h2-6,9-10,14,20,28-30H,7-8,11H2,1H3/b6-5+/t14-,20?/m0/s1. The first kappa shape index (κ1) is 21.7. The van der Waals surface area contributed by atoms with Crippen molar-refractivity contribution in [1.82, 2.24) is 4.90 Å². The second-order valence-corrected chi connectivity index (χ2v) is 8.55. The van der Waals surface area contributed by atoms with Gasteiger partial charge < -0.3 is 24.6 Å². The van der Waals surface area contributed by atoms with Crippen LogP contribution in [0.5, 0.6) is 11.5 Å². The van der Waals surface area contributed by atoms with Crippen LogP contribution in [0.1, 0.15) is 29.2 Å². The zero-order valence-electron chi connectivity index (χ0n) is 16.7. The van der Waals surface area contributed by atoms with E-state index in [9.17, 15) is 20.1 Å². The van der Waals surface area contributed by atoms with E-state index < -0.39 is 17.5 Å². The van der Waals surface area contributed by atoms with Crippen LogP contribution >= 0.6 is 23.2 Å². The smallest absolute Gasteiger partial charge is 0.197 e. The molecule has 31 heavy (non-hydrogen) atoms. The molecule has 1 aliphatic heterocycles. The zero-order chi connectivity index (χ0) is 22.3. The molecule has 0 spiro atoms. The lowest BCUT2D eigenvalue weighted by atomic mass is 9.85. The van der Waals surface area contributed by atoms with Gasteiger partial charge in [-0.2, -0.15) is 0 Å². The topological polar surface area (TPSA) is 94.1 Å². The number of benzene rings is 2. The highest BCUT2D eigenvalue weighted by molar-refractivity contribution is 6.37. The first-order chi connectivity index (χ1) is 14.8. The summed E-state index contributed by atoms with van der Waals surface area (Å²) >= 11 is 12.4. The minimum atomic E-state index is -0.760. The molecular formula is C23H21Cl2NO5. The van der Waals surface area contributed by atoms with Gasteiger partial charge in [-0.3, -0.25) is 4.79 Å². The predicted octanol–water partition coefficient (Wildman–Crippen LogP) is 4.46. The van der Waals surface area contributed by atoms with E-state index in [0.717, 1.165) is 6.07 Å². The lowest BCUT2D eigenvalue weighted by Crippen LogP contribution is -2.40. The number of hydrogen-bond donors (Lipinski definition) is 3. The van der Waals surface area contributed by atoms with Gasteiger partial charge in [0.2, 0.25) is 0 Å². The van der Waals surface area contributed by atoms with Gasteiger partial charge in [0, 0.05) is 45.8 Å². The van der Waals surface area contributed by atoms with E-state index >= 15 is 0 Å². The molecule has 6 nitrogen and oxygen atoms in total. The minimum Gasteiger partial charge on any atom is -0.507 e. The van der Waals surface area contributed by atoms with Crippen molar-refractivity contribution in [3.05, 3.63) is 67.5 Å². The summed E-state index contributed by atoms with van der Waals surface area (Å²) in [6, 6.07) is 7.48. The number of phenolic OH excluding ortho intramolecular Hbond substituents is 2. The molecule has 1 unspecified atom stereocenters. The van der Waals surface area contributed by atoms with Crippen molar-refractivity contribution in [2.75, 3.05) is 20.1 Å². The van der Waals surface area contributed by atoms with Crippen molar-refractivity contribution in [3.63, 3.8) is 0 Å². The minimum absolute atomic E-state index is 0.0353. The molecule has 4 rings (SSSR count). The van der Waals surface area contributed by atoms with Gasteiger partial charge in [0.05, 0.1) is 6.10 Å². The van der Waals surface area contributed by atoms with Crippen molar-refractivity contribution in [3.8, 4) is 11.5 Å². The van der Waals surface area contributed by atoms with E-state index in [-0.39, 0.29) is 28.2 Å². The molecule has 2 atom stereocenters. The quantitative estimate of drug-likeness (QED) is 0.532. The molecule has 8 heteroatoms. The van der Waals surface area contributed by atoms with Gasteiger partial charge in [-0.15, -0.1) is 0 Å². The van der Waals surface area contributed by atoms with Crippen molar-refractivity contribution in [2.45, 2.75) is 18.4 Å². The molecule has 1 fully saturated rings. The SMILES string of the molecule is CN1CC[C@H](c2c(O)cc(O)c3c(=O)cc(/C=C/c4c(Cl)cccc4Cl)oc23)C(O)C1. The van der Waals surface area contributed by atoms with E-state index in [1.165, 1.54) is 6.07 Å². The summed E-state index contributed by atoms with van der Waals surface area (Å²) in [5.74, 6) is -0.851. The first-order valence-corrected chi connectivity index (χ1v) is 10.5. The number of aromatic hydroxyl groups is 2. The maximum atomic E-state index is 12.8. The Morgan fingerprint density at radius 1 is 1.13 bits per heavy atom. The number of likely N-dealkylation sites (tertiary alicyclic amines) is 1. The van der Waals surface area contributed by atoms with Crippen LogP contribution in [0.4, 0.5) is 0 Å². The number of rotatable bonds is 3. The Kier molecular flexibility index (Phi) is 5.99. The molecule has 2 aromatic carbocycles. The zero-order valence-corrected chi connectivity index (χ0v) is 18.2. The lowest BCUT2D eigenvalue weighted by Gasteiger charge is -2.34. The molecule has 2 heterocycles. The summed E-state index contributed by atoms with van der Waals surface area (Å²) in [4.78, 5) is 14.8. The second-order valence-electron chi connectivity index (χ2n) is 7.74. The molecular weight excluding hydrogens is 441 g/mol. The van der Waals surface area contributed by atoms with Crippen LogP contribution in [0.15, 0.2) is 39.5 Å². The Labute approximate surface area is 188 Å². The maximum absolute atomic E-state index is 12.8. The third-order valence-electron chi connectivity index (χ3n) is 5.59. The van der Waals surface area contributed by atoms with Crippen LogP contribution in [-0.4, -0.2) is 46.5 Å². The van der Waals surface area contributed by atoms with Crippen molar-refractivity contribution in [1.29, 1.82) is 0 Å². The van der Waals surface area contributed by atoms with Crippen LogP contribution in [0.3, 0.4) is 0 Å². The number of β-amino-alcohol motifs (C(OH)–C–C–N with tert-alkyl or cyclic N) is 1. The third kappa shape index (κ3) is 4.16. The second kappa shape index (κ2) is 8.55. The highest BCUT2D eigenvalue weighted by Gasteiger charge is 2.32. The van der Waals surface area contributed by atoms with Gasteiger partial charge in [-0.05, 0) is 44.3 Å². The maximum Gasteiger partial charge on any atom is 0.197 e. The van der Waals surface area contributed by atoms with Gasteiger partial charge in [0.25, 0.3) is 0 Å². The number of nitrogens with zero attached hydrogens (tertiary/aromatic N) is 1. The van der Waals surface area contributed by atoms with Gasteiger partial charge in [-0.25, -0.2) is 0 Å². The molecule has 1 saturated heterocycles. The Morgan fingerprint density at radius 2 is 1.84 bits per heavy atom.